The summed E-state index contributed by atoms with van der Waals surface area (Å²) in [6.45, 7) is 4.05. The van der Waals surface area contributed by atoms with E-state index in [9.17, 15) is 9.90 Å². The van der Waals surface area contributed by atoms with Crippen LogP contribution in [0.2, 0.25) is 5.02 Å². The normalized spacial score (nSPS) is 25.1. The first-order chi connectivity index (χ1) is 16.0. The molecule has 0 spiro atoms. The molecule has 2 bridgehead atoms. The van der Waals surface area contributed by atoms with Crippen molar-refractivity contribution >= 4 is 28.3 Å². The number of aromatic nitrogens is 1. The lowest BCUT2D eigenvalue weighted by Crippen LogP contribution is -2.36. The molecule has 3 aliphatic rings. The summed E-state index contributed by atoms with van der Waals surface area (Å²) in [5.74, 6) is 0.706. The third kappa shape index (κ3) is 3.62. The summed E-state index contributed by atoms with van der Waals surface area (Å²) in [4.78, 5) is 15.9. The van der Waals surface area contributed by atoms with E-state index in [1.165, 1.54) is 5.56 Å². The fraction of sp³-hybridized carbons (Fsp3) is 0.444. The highest BCUT2D eigenvalue weighted by Crippen LogP contribution is 2.38. The van der Waals surface area contributed by atoms with Crippen molar-refractivity contribution in [3.8, 4) is 5.69 Å². The number of Topliss-reactive ketones (excluding diaryl/α,β-unsaturated/α-hetero) is 1. The number of carbonyl (C=O) groups excluding carboxylic acids is 1. The molecule has 172 valence electrons. The van der Waals surface area contributed by atoms with Gasteiger partial charge in [0.15, 0.2) is 5.78 Å². The zero-order chi connectivity index (χ0) is 22.7. The Bertz CT molecular complexity index is 1210. The summed E-state index contributed by atoms with van der Waals surface area (Å²) < 4.78 is 7.55. The van der Waals surface area contributed by atoms with Crippen LogP contribution in [0.25, 0.3) is 16.6 Å². The molecule has 33 heavy (non-hydrogen) atoms. The maximum Gasteiger partial charge on any atom is 0.179 e. The third-order valence-corrected chi connectivity index (χ3v) is 8.09. The van der Waals surface area contributed by atoms with Crippen LogP contribution in [0.3, 0.4) is 0 Å². The third-order valence-electron chi connectivity index (χ3n) is 7.84. The van der Waals surface area contributed by atoms with Gasteiger partial charge in [0.2, 0.25) is 0 Å². The van der Waals surface area contributed by atoms with Crippen LogP contribution in [0, 0.1) is 12.8 Å². The predicted molar refractivity (Wildman–Crippen MR) is 130 cm³/mol. The average molecular weight is 465 g/mol. The Kier molecular flexibility index (Phi) is 5.33. The van der Waals surface area contributed by atoms with Gasteiger partial charge in [0, 0.05) is 45.4 Å². The minimum Gasteiger partial charge on any atom is -0.391 e. The molecule has 3 aromatic rings. The Balaban J connectivity index is 1.42. The highest BCUT2D eigenvalue weighted by Gasteiger charge is 2.46. The van der Waals surface area contributed by atoms with Crippen molar-refractivity contribution in [2.24, 2.45) is 5.92 Å². The van der Waals surface area contributed by atoms with Crippen molar-refractivity contribution in [2.45, 2.75) is 50.8 Å². The van der Waals surface area contributed by atoms with Crippen molar-refractivity contribution < 1.29 is 14.6 Å². The van der Waals surface area contributed by atoms with E-state index in [0.29, 0.717) is 23.5 Å². The summed E-state index contributed by atoms with van der Waals surface area (Å²) in [7, 11) is 0. The average Bonchev–Trinajstić information content (AvgIpc) is 3.38. The van der Waals surface area contributed by atoms with Gasteiger partial charge in [-0.1, -0.05) is 23.7 Å². The standard InChI is InChI=1S/C27H29ClN2O3/c1-16-27(26(32)13-29-21-7-9-23(29)25(31)12-21)22-8-2-17(10-18-14-33-15-18)11-24(22)30(16)20-5-3-19(28)4-6-20/h2-6,8,11,18,21,23,25,31H,7,9-10,12-15H2,1H3/t21?,23?,25-/m0/s1. The molecule has 2 aromatic carbocycles. The number of ketones is 1. The fourth-order valence-corrected chi connectivity index (χ4v) is 6.28. The molecule has 3 aliphatic heterocycles. The Morgan fingerprint density at radius 2 is 1.94 bits per heavy atom. The van der Waals surface area contributed by atoms with E-state index in [-0.39, 0.29) is 17.9 Å². The summed E-state index contributed by atoms with van der Waals surface area (Å²) >= 11 is 6.16. The SMILES string of the molecule is Cc1c(C(=O)CN2C3CCC2[C@@H](O)C3)c2ccc(CC3COC3)cc2n1-c1ccc(Cl)cc1. The van der Waals surface area contributed by atoms with E-state index >= 15 is 0 Å². The number of benzene rings is 2. The van der Waals surface area contributed by atoms with Crippen LogP contribution in [0.5, 0.6) is 0 Å². The van der Waals surface area contributed by atoms with Gasteiger partial charge in [-0.25, -0.2) is 0 Å². The van der Waals surface area contributed by atoms with Gasteiger partial charge < -0.3 is 14.4 Å². The van der Waals surface area contributed by atoms with Crippen LogP contribution in [0.15, 0.2) is 42.5 Å². The van der Waals surface area contributed by atoms with E-state index in [4.69, 9.17) is 16.3 Å². The first kappa shape index (κ1) is 21.4. The molecule has 3 saturated heterocycles. The largest absolute Gasteiger partial charge is 0.391 e. The molecule has 0 saturated carbocycles. The number of rotatable bonds is 6. The predicted octanol–water partition coefficient (Wildman–Crippen LogP) is 4.56. The summed E-state index contributed by atoms with van der Waals surface area (Å²) in [5.41, 5.74) is 5.07. The molecule has 0 amide bonds. The number of halogens is 1. The first-order valence-corrected chi connectivity index (χ1v) is 12.3. The molecule has 6 rings (SSSR count). The lowest BCUT2D eigenvalue weighted by molar-refractivity contribution is -0.0312. The maximum atomic E-state index is 13.7. The van der Waals surface area contributed by atoms with Gasteiger partial charge in [-0.3, -0.25) is 9.69 Å². The van der Waals surface area contributed by atoms with E-state index in [0.717, 1.165) is 66.7 Å². The van der Waals surface area contributed by atoms with Gasteiger partial charge in [0.1, 0.15) is 0 Å². The van der Waals surface area contributed by atoms with Crippen molar-refractivity contribution in [2.75, 3.05) is 19.8 Å². The smallest absolute Gasteiger partial charge is 0.179 e. The number of ether oxygens (including phenoxy) is 1. The molecule has 0 radical (unpaired) electrons. The highest BCUT2D eigenvalue weighted by atomic mass is 35.5. The van der Waals surface area contributed by atoms with Gasteiger partial charge in [-0.2, -0.15) is 0 Å². The van der Waals surface area contributed by atoms with Crippen molar-refractivity contribution in [3.63, 3.8) is 0 Å². The van der Waals surface area contributed by atoms with Gasteiger partial charge in [-0.05, 0) is 68.5 Å². The number of carbonyl (C=O) groups is 1. The molecular weight excluding hydrogens is 436 g/mol. The molecule has 1 aromatic heterocycles. The summed E-state index contributed by atoms with van der Waals surface area (Å²) in [5, 5.41) is 12.0. The van der Waals surface area contributed by atoms with Gasteiger partial charge >= 0.3 is 0 Å². The molecular formula is C27H29ClN2O3. The van der Waals surface area contributed by atoms with Crippen LogP contribution in [0.4, 0.5) is 0 Å². The first-order valence-electron chi connectivity index (χ1n) is 11.9. The maximum absolute atomic E-state index is 13.7. The van der Waals surface area contributed by atoms with Crippen LogP contribution >= 0.6 is 11.6 Å². The molecule has 2 unspecified atom stereocenters. The van der Waals surface area contributed by atoms with Crippen molar-refractivity contribution in [1.29, 1.82) is 0 Å². The van der Waals surface area contributed by atoms with E-state index in [2.05, 4.69) is 27.7 Å². The van der Waals surface area contributed by atoms with Crippen molar-refractivity contribution in [1.82, 2.24) is 9.47 Å². The molecule has 0 aliphatic carbocycles. The zero-order valence-corrected chi connectivity index (χ0v) is 19.6. The Morgan fingerprint density at radius 3 is 2.58 bits per heavy atom. The number of hydrogen-bond donors (Lipinski definition) is 1. The minimum atomic E-state index is -0.300. The van der Waals surface area contributed by atoms with E-state index in [1.54, 1.807) is 0 Å². The van der Waals surface area contributed by atoms with Crippen LogP contribution in [-0.2, 0) is 11.2 Å². The minimum absolute atomic E-state index is 0.125. The second-order valence-electron chi connectivity index (χ2n) is 9.93. The van der Waals surface area contributed by atoms with E-state index < -0.39 is 0 Å². The lowest BCUT2D eigenvalue weighted by atomic mass is 9.96. The fourth-order valence-electron chi connectivity index (χ4n) is 6.16. The number of aliphatic hydroxyl groups excluding tert-OH is 1. The number of aliphatic hydroxyl groups is 1. The number of nitrogens with zero attached hydrogens (tertiary/aromatic N) is 2. The van der Waals surface area contributed by atoms with Crippen LogP contribution in [0.1, 0.15) is 40.9 Å². The van der Waals surface area contributed by atoms with Gasteiger partial charge in [-0.15, -0.1) is 0 Å². The zero-order valence-electron chi connectivity index (χ0n) is 18.8. The second-order valence-corrected chi connectivity index (χ2v) is 10.4. The highest BCUT2D eigenvalue weighted by molar-refractivity contribution is 6.30. The van der Waals surface area contributed by atoms with Crippen molar-refractivity contribution in [3.05, 3.63) is 64.3 Å². The van der Waals surface area contributed by atoms with E-state index in [1.807, 2.05) is 31.2 Å². The topological polar surface area (TPSA) is 54.7 Å². The number of hydrogen-bond acceptors (Lipinski definition) is 4. The van der Waals surface area contributed by atoms with Gasteiger partial charge in [0.25, 0.3) is 0 Å². The monoisotopic (exact) mass is 464 g/mol. The molecule has 6 heteroatoms. The summed E-state index contributed by atoms with van der Waals surface area (Å²) in [6.07, 6.45) is 3.54. The van der Waals surface area contributed by atoms with Gasteiger partial charge in [0.05, 0.1) is 31.4 Å². The molecule has 5 nitrogen and oxygen atoms in total. The van der Waals surface area contributed by atoms with Crippen LogP contribution in [-0.4, -0.2) is 58.3 Å². The van der Waals surface area contributed by atoms with Crippen LogP contribution < -0.4 is 0 Å². The molecule has 3 fully saturated rings. The second kappa shape index (κ2) is 8.24. The quantitative estimate of drug-likeness (QED) is 0.543. The Labute approximate surface area is 198 Å². The lowest BCUT2D eigenvalue weighted by Gasteiger charge is -2.25. The molecule has 1 N–H and O–H groups in total. The molecule has 4 heterocycles. The Morgan fingerprint density at radius 1 is 1.15 bits per heavy atom. The summed E-state index contributed by atoms with van der Waals surface area (Å²) in [6, 6.07) is 14.8. The Hall–Kier alpha value is -2.18. The molecule has 3 atom stereocenters. The number of fused-ring (bicyclic) bond motifs is 3.